The first kappa shape index (κ1) is 13.3. The van der Waals surface area contributed by atoms with Crippen LogP contribution in [0.1, 0.15) is 20.7 Å². The lowest BCUT2D eigenvalue weighted by molar-refractivity contribution is 0.0967. The average Bonchev–Trinajstić information content (AvgIpc) is 3.38. The minimum Gasteiger partial charge on any atom is -0.364 e. The third-order valence-electron chi connectivity index (χ3n) is 3.78. The summed E-state index contributed by atoms with van der Waals surface area (Å²) in [5.41, 5.74) is 1.60. The Balaban J connectivity index is 1.84. The summed E-state index contributed by atoms with van der Waals surface area (Å²) in [5, 5.41) is 0. The van der Waals surface area contributed by atoms with Crippen LogP contribution in [0.2, 0.25) is 0 Å². The Morgan fingerprint density at radius 3 is 2.00 bits per heavy atom. The molecule has 0 atom stereocenters. The van der Waals surface area contributed by atoms with Crippen molar-refractivity contribution in [2.45, 2.75) is 4.90 Å². The number of Topliss-reactive ketones (excluding diaryl/α,β-unsaturated/α-hetero) is 2. The Morgan fingerprint density at radius 1 is 0.773 bits per heavy atom. The topological polar surface area (TPSA) is 37.1 Å². The molecule has 2 aliphatic rings. The highest BCUT2D eigenvalue weighted by molar-refractivity contribution is 8.04. The van der Waals surface area contributed by atoms with Crippen molar-refractivity contribution in [3.8, 4) is 0 Å². The maximum atomic E-state index is 12.9. The average molecular weight is 307 g/mol. The summed E-state index contributed by atoms with van der Waals surface area (Å²) in [6.07, 6.45) is 0. The number of allylic oxidation sites excluding steroid dienone is 2. The molecule has 0 radical (unpaired) electrons. The van der Waals surface area contributed by atoms with Gasteiger partial charge in [-0.05, 0) is 12.1 Å². The van der Waals surface area contributed by atoms with Gasteiger partial charge in [0.1, 0.15) is 5.70 Å². The van der Waals surface area contributed by atoms with Gasteiger partial charge in [0.15, 0.2) is 0 Å². The molecule has 2 aromatic carbocycles. The van der Waals surface area contributed by atoms with E-state index >= 15 is 0 Å². The van der Waals surface area contributed by atoms with Crippen LogP contribution in [-0.2, 0) is 0 Å². The number of ketones is 2. The predicted octanol–water partition coefficient (Wildman–Crippen LogP) is 3.39. The largest absolute Gasteiger partial charge is 0.364 e. The number of hydrogen-bond acceptors (Lipinski definition) is 4. The van der Waals surface area contributed by atoms with Gasteiger partial charge in [-0.15, -0.1) is 0 Å². The number of carbonyl (C=O) groups excluding carboxylic acids is 2. The Hall–Kier alpha value is -2.33. The van der Waals surface area contributed by atoms with E-state index in [0.29, 0.717) is 21.7 Å². The van der Waals surface area contributed by atoms with Crippen LogP contribution in [0, 0.1) is 0 Å². The summed E-state index contributed by atoms with van der Waals surface area (Å²) in [7, 11) is 0. The lowest BCUT2D eigenvalue weighted by atomic mass is 9.92. The molecule has 0 spiro atoms. The molecule has 0 aromatic heterocycles. The van der Waals surface area contributed by atoms with E-state index in [1.165, 1.54) is 11.8 Å². The summed E-state index contributed by atoms with van der Waals surface area (Å²) < 4.78 is 0. The zero-order valence-electron chi connectivity index (χ0n) is 11.8. The van der Waals surface area contributed by atoms with Crippen molar-refractivity contribution in [3.63, 3.8) is 0 Å². The van der Waals surface area contributed by atoms with Crippen molar-refractivity contribution in [3.05, 3.63) is 76.3 Å². The highest BCUT2D eigenvalue weighted by Crippen LogP contribution is 2.39. The van der Waals surface area contributed by atoms with Crippen LogP contribution >= 0.6 is 11.8 Å². The van der Waals surface area contributed by atoms with Crippen molar-refractivity contribution in [2.24, 2.45) is 0 Å². The molecule has 1 aliphatic carbocycles. The zero-order valence-corrected chi connectivity index (χ0v) is 12.6. The Morgan fingerprint density at radius 2 is 1.36 bits per heavy atom. The number of hydrogen-bond donors (Lipinski definition) is 0. The smallest absolute Gasteiger partial charge is 0.211 e. The number of carbonyl (C=O) groups is 2. The first-order valence-electron chi connectivity index (χ1n) is 7.16. The van der Waals surface area contributed by atoms with E-state index in [0.717, 1.165) is 18.0 Å². The Labute approximate surface area is 132 Å². The van der Waals surface area contributed by atoms with E-state index in [1.807, 2.05) is 35.2 Å². The summed E-state index contributed by atoms with van der Waals surface area (Å²) in [5.74, 6) is -0.0860. The molecule has 0 amide bonds. The van der Waals surface area contributed by atoms with E-state index in [2.05, 4.69) is 0 Å². The van der Waals surface area contributed by atoms with E-state index in [1.54, 1.807) is 24.3 Å². The molecule has 0 unspecified atom stereocenters. The van der Waals surface area contributed by atoms with Gasteiger partial charge >= 0.3 is 0 Å². The normalized spacial score (nSPS) is 16.8. The fraction of sp³-hybridized carbons (Fsp3) is 0.111. The highest BCUT2D eigenvalue weighted by Gasteiger charge is 2.38. The van der Waals surface area contributed by atoms with Gasteiger partial charge < -0.3 is 4.90 Å². The maximum absolute atomic E-state index is 12.9. The molecule has 108 valence electrons. The zero-order chi connectivity index (χ0) is 15.1. The Kier molecular flexibility index (Phi) is 3.12. The van der Waals surface area contributed by atoms with Crippen LogP contribution in [0.5, 0.6) is 0 Å². The molecule has 0 bridgehead atoms. The minimum atomic E-state index is -0.0500. The molecule has 1 aliphatic heterocycles. The summed E-state index contributed by atoms with van der Waals surface area (Å²) in [6.45, 7) is 1.69. The van der Waals surface area contributed by atoms with Gasteiger partial charge in [0, 0.05) is 29.1 Å². The minimum absolute atomic E-state index is 0.0360. The predicted molar refractivity (Wildman–Crippen MR) is 86.0 cm³/mol. The van der Waals surface area contributed by atoms with Gasteiger partial charge in [-0.3, -0.25) is 9.59 Å². The first-order chi connectivity index (χ1) is 10.8. The van der Waals surface area contributed by atoms with Crippen molar-refractivity contribution >= 4 is 23.3 Å². The van der Waals surface area contributed by atoms with E-state index in [-0.39, 0.29) is 11.6 Å². The summed E-state index contributed by atoms with van der Waals surface area (Å²) in [4.78, 5) is 29.1. The van der Waals surface area contributed by atoms with Gasteiger partial charge in [0.05, 0.1) is 4.91 Å². The van der Waals surface area contributed by atoms with E-state index in [9.17, 15) is 9.59 Å². The number of thioether (sulfide) groups is 1. The molecule has 4 rings (SSSR count). The molecule has 22 heavy (non-hydrogen) atoms. The molecule has 4 heteroatoms. The monoisotopic (exact) mass is 307 g/mol. The van der Waals surface area contributed by atoms with Crippen molar-refractivity contribution in [1.82, 2.24) is 4.90 Å². The fourth-order valence-electron chi connectivity index (χ4n) is 2.60. The van der Waals surface area contributed by atoms with Crippen molar-refractivity contribution < 1.29 is 9.59 Å². The van der Waals surface area contributed by atoms with Crippen LogP contribution < -0.4 is 0 Å². The lowest BCUT2D eigenvalue weighted by Crippen LogP contribution is -2.24. The molecule has 1 fully saturated rings. The van der Waals surface area contributed by atoms with E-state index in [4.69, 9.17) is 0 Å². The van der Waals surface area contributed by atoms with Crippen molar-refractivity contribution in [2.75, 3.05) is 13.1 Å². The van der Waals surface area contributed by atoms with Gasteiger partial charge in [-0.2, -0.15) is 0 Å². The standard InChI is InChI=1S/C18H13NO2S/c20-16-13-8-4-5-9-14(13)17(21)18(15(16)19-10-11-19)22-12-6-2-1-3-7-12/h1-9H,10-11H2. The molecular formula is C18H13NO2S. The van der Waals surface area contributed by atoms with Gasteiger partial charge in [0.2, 0.25) is 11.6 Å². The van der Waals surface area contributed by atoms with E-state index < -0.39 is 0 Å². The fourth-order valence-corrected chi connectivity index (χ4v) is 3.65. The lowest BCUT2D eigenvalue weighted by Gasteiger charge is -2.21. The first-order valence-corrected chi connectivity index (χ1v) is 7.98. The second-order valence-electron chi connectivity index (χ2n) is 5.28. The van der Waals surface area contributed by atoms with Gasteiger partial charge in [-0.25, -0.2) is 0 Å². The molecule has 0 saturated carbocycles. The molecule has 1 saturated heterocycles. The second-order valence-corrected chi connectivity index (χ2v) is 6.37. The summed E-state index contributed by atoms with van der Waals surface area (Å²) >= 11 is 1.38. The van der Waals surface area contributed by atoms with Crippen LogP contribution in [0.25, 0.3) is 0 Å². The number of benzene rings is 2. The SMILES string of the molecule is O=C1C(Sc2ccccc2)=C(N2CC2)C(=O)c2ccccc21. The summed E-state index contributed by atoms with van der Waals surface area (Å²) in [6, 6.07) is 16.8. The molecule has 0 N–H and O–H groups in total. The Bertz CT molecular complexity index is 807. The van der Waals surface area contributed by atoms with Crippen LogP contribution in [0.15, 0.2) is 70.1 Å². The molecule has 3 nitrogen and oxygen atoms in total. The third-order valence-corrected chi connectivity index (χ3v) is 4.87. The molecular weight excluding hydrogens is 294 g/mol. The highest BCUT2D eigenvalue weighted by atomic mass is 32.2. The van der Waals surface area contributed by atoms with Crippen LogP contribution in [-0.4, -0.2) is 29.6 Å². The van der Waals surface area contributed by atoms with Gasteiger partial charge in [0.25, 0.3) is 0 Å². The number of rotatable bonds is 3. The third kappa shape index (κ3) is 2.16. The second kappa shape index (κ2) is 5.14. The van der Waals surface area contributed by atoms with Crippen LogP contribution in [0.3, 0.4) is 0 Å². The quantitative estimate of drug-likeness (QED) is 0.815. The van der Waals surface area contributed by atoms with Gasteiger partial charge in [-0.1, -0.05) is 54.2 Å². The molecule has 2 aromatic rings. The number of fused-ring (bicyclic) bond motifs is 1. The molecule has 1 heterocycles. The van der Waals surface area contributed by atoms with Crippen molar-refractivity contribution in [1.29, 1.82) is 0 Å². The van der Waals surface area contributed by atoms with Crippen LogP contribution in [0.4, 0.5) is 0 Å². The number of nitrogens with zero attached hydrogens (tertiary/aromatic N) is 1. The maximum Gasteiger partial charge on any atom is 0.211 e.